The zero-order chi connectivity index (χ0) is 17.0. The number of nitrogens with zero attached hydrogens (tertiary/aromatic N) is 2. The molecule has 0 radical (unpaired) electrons. The summed E-state index contributed by atoms with van der Waals surface area (Å²) in [5.74, 6) is -0.296. The lowest BCUT2D eigenvalue weighted by atomic mass is 9.81. The second-order valence-electron chi connectivity index (χ2n) is 6.46. The first-order chi connectivity index (χ1) is 11.6. The van der Waals surface area contributed by atoms with Crippen molar-refractivity contribution < 1.29 is 14.6 Å². The molecule has 0 spiro atoms. The lowest BCUT2D eigenvalue weighted by Gasteiger charge is -2.38. The van der Waals surface area contributed by atoms with Crippen LogP contribution < -0.4 is 4.74 Å². The van der Waals surface area contributed by atoms with Crippen molar-refractivity contribution in [2.75, 3.05) is 19.7 Å². The smallest absolute Gasteiger partial charge is 0.341 e. The van der Waals surface area contributed by atoms with Crippen LogP contribution in [0.2, 0.25) is 0 Å². The third-order valence-corrected chi connectivity index (χ3v) is 5.71. The first-order valence-corrected chi connectivity index (χ1v) is 9.00. The van der Waals surface area contributed by atoms with Crippen molar-refractivity contribution >= 4 is 17.3 Å². The standard InChI is InChI=1S/C18H22N2O3S/c1-18(17-19-8-11-24-17)6-9-20(10-7-18)12-14-4-2-3-5-15(14)23-13-16(21)22/h2-5,8,11H,6-7,9-10,12-13H2,1H3,(H,21,22). The second kappa shape index (κ2) is 7.32. The Morgan fingerprint density at radius 2 is 2.12 bits per heavy atom. The number of carbonyl (C=O) groups is 1. The molecule has 0 bridgehead atoms. The van der Waals surface area contributed by atoms with Crippen LogP contribution in [0.4, 0.5) is 0 Å². The maximum atomic E-state index is 10.7. The van der Waals surface area contributed by atoms with Gasteiger partial charge in [0, 0.05) is 29.1 Å². The first kappa shape index (κ1) is 16.9. The summed E-state index contributed by atoms with van der Waals surface area (Å²) >= 11 is 1.74. The average Bonchev–Trinajstić information content (AvgIpc) is 3.12. The minimum atomic E-state index is -0.956. The van der Waals surface area contributed by atoms with E-state index in [9.17, 15) is 4.79 Å². The van der Waals surface area contributed by atoms with E-state index in [1.54, 1.807) is 11.3 Å². The van der Waals surface area contributed by atoms with Gasteiger partial charge in [0.1, 0.15) is 5.75 Å². The van der Waals surface area contributed by atoms with Crippen molar-refractivity contribution in [2.45, 2.75) is 31.7 Å². The van der Waals surface area contributed by atoms with Gasteiger partial charge in [0.25, 0.3) is 0 Å². The first-order valence-electron chi connectivity index (χ1n) is 8.12. The molecule has 1 N–H and O–H groups in total. The van der Waals surface area contributed by atoms with Crippen molar-refractivity contribution in [3.05, 3.63) is 46.4 Å². The highest BCUT2D eigenvalue weighted by molar-refractivity contribution is 7.09. The molecule has 0 unspecified atom stereocenters. The number of hydrogen-bond acceptors (Lipinski definition) is 5. The van der Waals surface area contributed by atoms with Gasteiger partial charge in [0.15, 0.2) is 6.61 Å². The van der Waals surface area contributed by atoms with E-state index in [2.05, 4.69) is 16.8 Å². The molecule has 1 aromatic heterocycles. The van der Waals surface area contributed by atoms with Crippen LogP contribution in [0.25, 0.3) is 0 Å². The number of thiazole rings is 1. The summed E-state index contributed by atoms with van der Waals surface area (Å²) in [7, 11) is 0. The minimum absolute atomic E-state index is 0.171. The Morgan fingerprint density at radius 1 is 1.38 bits per heavy atom. The molecule has 5 nitrogen and oxygen atoms in total. The molecular formula is C18H22N2O3S. The maximum Gasteiger partial charge on any atom is 0.341 e. The number of para-hydroxylation sites is 1. The van der Waals surface area contributed by atoms with Crippen LogP contribution in [0.5, 0.6) is 5.75 Å². The summed E-state index contributed by atoms with van der Waals surface area (Å²) in [5.41, 5.74) is 1.21. The molecule has 3 rings (SSSR count). The highest BCUT2D eigenvalue weighted by Gasteiger charge is 2.33. The fourth-order valence-corrected chi connectivity index (χ4v) is 3.96. The van der Waals surface area contributed by atoms with Crippen molar-refractivity contribution in [1.29, 1.82) is 0 Å². The Bertz CT molecular complexity index is 679. The lowest BCUT2D eigenvalue weighted by molar-refractivity contribution is -0.139. The van der Waals surface area contributed by atoms with E-state index < -0.39 is 5.97 Å². The number of aliphatic carboxylic acids is 1. The number of benzene rings is 1. The predicted octanol–water partition coefficient (Wildman–Crippen LogP) is 3.16. The molecular weight excluding hydrogens is 324 g/mol. The number of carboxylic acids is 1. The number of hydrogen-bond donors (Lipinski definition) is 1. The van der Waals surface area contributed by atoms with Crippen molar-refractivity contribution in [3.8, 4) is 5.75 Å². The van der Waals surface area contributed by atoms with Gasteiger partial charge in [-0.05, 0) is 32.0 Å². The van der Waals surface area contributed by atoms with Gasteiger partial charge in [-0.2, -0.15) is 0 Å². The second-order valence-corrected chi connectivity index (χ2v) is 7.36. The SMILES string of the molecule is CC1(c2nccs2)CCN(Cc2ccccc2OCC(=O)O)CC1. The van der Waals surface area contributed by atoms with Crippen LogP contribution in [-0.4, -0.2) is 40.7 Å². The van der Waals surface area contributed by atoms with Crippen molar-refractivity contribution in [3.63, 3.8) is 0 Å². The Morgan fingerprint density at radius 3 is 2.79 bits per heavy atom. The molecule has 1 aromatic carbocycles. The predicted molar refractivity (Wildman–Crippen MR) is 93.5 cm³/mol. The molecule has 0 amide bonds. The van der Waals surface area contributed by atoms with Crippen LogP contribution >= 0.6 is 11.3 Å². The van der Waals surface area contributed by atoms with Gasteiger partial charge in [0.2, 0.25) is 0 Å². The van der Waals surface area contributed by atoms with E-state index in [0.717, 1.165) is 38.0 Å². The molecule has 1 fully saturated rings. The Balaban J connectivity index is 1.61. The van der Waals surface area contributed by atoms with E-state index >= 15 is 0 Å². The van der Waals surface area contributed by atoms with Gasteiger partial charge in [0.05, 0.1) is 5.01 Å². The molecule has 0 saturated carbocycles. The van der Waals surface area contributed by atoms with Gasteiger partial charge in [-0.1, -0.05) is 25.1 Å². The number of piperidine rings is 1. The summed E-state index contributed by atoms with van der Waals surface area (Å²) < 4.78 is 5.41. The average molecular weight is 346 g/mol. The van der Waals surface area contributed by atoms with E-state index in [1.165, 1.54) is 5.01 Å². The van der Waals surface area contributed by atoms with E-state index in [0.29, 0.717) is 5.75 Å². The monoisotopic (exact) mass is 346 g/mol. The summed E-state index contributed by atoms with van der Waals surface area (Å²) in [5, 5.41) is 12.1. The van der Waals surface area contributed by atoms with Crippen molar-refractivity contribution in [1.82, 2.24) is 9.88 Å². The molecule has 1 aliphatic rings. The quantitative estimate of drug-likeness (QED) is 0.870. The molecule has 128 valence electrons. The van der Waals surface area contributed by atoms with Gasteiger partial charge in [-0.15, -0.1) is 11.3 Å². The molecule has 24 heavy (non-hydrogen) atoms. The molecule has 6 heteroatoms. The summed E-state index contributed by atoms with van der Waals surface area (Å²) in [6.45, 7) is 4.78. The van der Waals surface area contributed by atoms with Crippen LogP contribution in [0.3, 0.4) is 0 Å². The third kappa shape index (κ3) is 3.94. The summed E-state index contributed by atoms with van der Waals surface area (Å²) in [6.07, 6.45) is 4.05. The topological polar surface area (TPSA) is 62.7 Å². The maximum absolute atomic E-state index is 10.7. The lowest BCUT2D eigenvalue weighted by Crippen LogP contribution is -2.40. The largest absolute Gasteiger partial charge is 0.482 e. The number of ether oxygens (including phenoxy) is 1. The van der Waals surface area contributed by atoms with Crippen LogP contribution in [0.15, 0.2) is 35.8 Å². The van der Waals surface area contributed by atoms with E-state index in [1.807, 2.05) is 35.8 Å². The highest BCUT2D eigenvalue weighted by atomic mass is 32.1. The summed E-state index contributed by atoms with van der Waals surface area (Å²) in [4.78, 5) is 17.6. The van der Waals surface area contributed by atoms with E-state index in [-0.39, 0.29) is 12.0 Å². The van der Waals surface area contributed by atoms with Crippen molar-refractivity contribution in [2.24, 2.45) is 0 Å². The Kier molecular flexibility index (Phi) is 5.16. The Labute approximate surface area is 145 Å². The van der Waals surface area contributed by atoms with Gasteiger partial charge in [-0.25, -0.2) is 9.78 Å². The normalized spacial score (nSPS) is 17.5. The molecule has 2 aromatic rings. The summed E-state index contributed by atoms with van der Waals surface area (Å²) in [6, 6.07) is 7.68. The van der Waals surface area contributed by atoms with E-state index in [4.69, 9.17) is 9.84 Å². The number of carboxylic acid groups (broad SMARTS) is 1. The Hall–Kier alpha value is -1.92. The fourth-order valence-electron chi connectivity index (χ4n) is 3.10. The zero-order valence-corrected chi connectivity index (χ0v) is 14.6. The molecule has 0 aliphatic carbocycles. The van der Waals surface area contributed by atoms with Gasteiger partial charge in [-0.3, -0.25) is 4.90 Å². The van der Waals surface area contributed by atoms with Crippen LogP contribution in [0.1, 0.15) is 30.3 Å². The molecule has 0 atom stereocenters. The number of aromatic nitrogens is 1. The zero-order valence-electron chi connectivity index (χ0n) is 13.8. The molecule has 2 heterocycles. The highest BCUT2D eigenvalue weighted by Crippen LogP contribution is 2.36. The fraction of sp³-hybridized carbons (Fsp3) is 0.444. The van der Waals surface area contributed by atoms with Gasteiger partial charge < -0.3 is 9.84 Å². The molecule has 1 saturated heterocycles. The number of likely N-dealkylation sites (tertiary alicyclic amines) is 1. The third-order valence-electron chi connectivity index (χ3n) is 4.63. The minimum Gasteiger partial charge on any atom is -0.482 e. The van der Waals surface area contributed by atoms with Crippen LogP contribution in [-0.2, 0) is 16.8 Å². The van der Waals surface area contributed by atoms with Crippen LogP contribution in [0, 0.1) is 0 Å². The van der Waals surface area contributed by atoms with Gasteiger partial charge >= 0.3 is 5.97 Å². The number of rotatable bonds is 6. The molecule has 1 aliphatic heterocycles.